The second kappa shape index (κ2) is 9.80. The van der Waals surface area contributed by atoms with E-state index >= 15 is 0 Å². The number of thioether (sulfide) groups is 1. The van der Waals surface area contributed by atoms with Gasteiger partial charge >= 0.3 is 0 Å². The van der Waals surface area contributed by atoms with E-state index in [0.717, 1.165) is 59.0 Å². The van der Waals surface area contributed by atoms with E-state index in [1.54, 1.807) is 36.0 Å². The van der Waals surface area contributed by atoms with Crippen LogP contribution in [0, 0.1) is 11.8 Å². The maximum atomic E-state index is 9.94. The number of nitrogens with zero attached hydrogens (tertiary/aromatic N) is 1. The van der Waals surface area contributed by atoms with Gasteiger partial charge in [-0.3, -0.25) is 4.90 Å². The molecule has 0 amide bonds. The first-order valence-corrected chi connectivity index (χ1v) is 12.7. The van der Waals surface area contributed by atoms with Crippen LogP contribution in [0.3, 0.4) is 0 Å². The van der Waals surface area contributed by atoms with E-state index in [0.29, 0.717) is 6.61 Å². The Kier molecular flexibility index (Phi) is 6.61. The zero-order valence-corrected chi connectivity index (χ0v) is 20.4. The number of hydrogen-bond donors (Lipinski definition) is 2. The summed E-state index contributed by atoms with van der Waals surface area (Å²) in [5.74, 6) is 3.58. The monoisotopic (exact) mass is 477 g/mol. The number of ether oxygens (including phenoxy) is 2. The number of aromatic hydroxyl groups is 2. The van der Waals surface area contributed by atoms with Gasteiger partial charge in [-0.1, -0.05) is 38.1 Å². The van der Waals surface area contributed by atoms with Crippen LogP contribution < -0.4 is 9.47 Å². The van der Waals surface area contributed by atoms with E-state index in [9.17, 15) is 10.2 Å². The summed E-state index contributed by atoms with van der Waals surface area (Å²) >= 11 is 1.66. The quantitative estimate of drug-likeness (QED) is 0.452. The predicted molar refractivity (Wildman–Crippen MR) is 135 cm³/mol. The molecular weight excluding hydrogens is 446 g/mol. The molecule has 3 aromatic rings. The fourth-order valence-corrected chi connectivity index (χ4v) is 6.04. The molecular formula is C28H31NO4S. The minimum Gasteiger partial charge on any atom is -0.508 e. The Balaban J connectivity index is 1.31. The van der Waals surface area contributed by atoms with Gasteiger partial charge < -0.3 is 19.7 Å². The van der Waals surface area contributed by atoms with Crippen molar-refractivity contribution >= 4 is 11.8 Å². The lowest BCUT2D eigenvalue weighted by atomic mass is 10.00. The van der Waals surface area contributed by atoms with Crippen molar-refractivity contribution in [2.24, 2.45) is 11.8 Å². The summed E-state index contributed by atoms with van der Waals surface area (Å²) in [7, 11) is 0. The molecule has 2 N–H and O–H groups in total. The lowest BCUT2D eigenvalue weighted by Crippen LogP contribution is -2.26. The molecule has 5 nitrogen and oxygen atoms in total. The topological polar surface area (TPSA) is 62.2 Å². The Morgan fingerprint density at radius 2 is 1.53 bits per heavy atom. The normalized spacial score (nSPS) is 24.4. The molecule has 0 radical (unpaired) electrons. The zero-order chi connectivity index (χ0) is 23.7. The van der Waals surface area contributed by atoms with Crippen LogP contribution in [0.1, 0.15) is 36.3 Å². The molecule has 1 saturated heterocycles. The van der Waals surface area contributed by atoms with Crippen molar-refractivity contribution in [1.29, 1.82) is 0 Å². The third kappa shape index (κ3) is 4.98. The molecule has 0 bridgehead atoms. The van der Waals surface area contributed by atoms with Crippen LogP contribution in [0.5, 0.6) is 23.0 Å². The van der Waals surface area contributed by atoms with Crippen LogP contribution in [-0.4, -0.2) is 41.4 Å². The smallest absolute Gasteiger partial charge is 0.140 e. The largest absolute Gasteiger partial charge is 0.508 e. The molecule has 0 unspecified atom stereocenters. The fourth-order valence-electron chi connectivity index (χ4n) is 4.71. The minimum atomic E-state index is -0.215. The highest BCUT2D eigenvalue weighted by Gasteiger charge is 2.33. The number of fused-ring (bicyclic) bond motifs is 1. The highest BCUT2D eigenvalue weighted by Crippen LogP contribution is 2.54. The third-order valence-corrected chi connectivity index (χ3v) is 8.23. The van der Waals surface area contributed by atoms with Gasteiger partial charge in [0.15, 0.2) is 0 Å². The Morgan fingerprint density at radius 1 is 0.882 bits per heavy atom. The molecule has 2 aliphatic rings. The fraction of sp³-hybridized carbons (Fsp3) is 0.357. The lowest BCUT2D eigenvalue weighted by Gasteiger charge is -2.34. The number of benzene rings is 3. The first kappa shape index (κ1) is 22.9. The Hall–Kier alpha value is -2.83. The van der Waals surface area contributed by atoms with E-state index in [1.165, 1.54) is 0 Å². The molecule has 178 valence electrons. The molecule has 2 aliphatic heterocycles. The van der Waals surface area contributed by atoms with Crippen molar-refractivity contribution in [1.82, 2.24) is 4.90 Å². The number of phenolic OH excluding ortho intramolecular Hbond substituents is 2. The second-order valence-corrected chi connectivity index (χ2v) is 10.6. The van der Waals surface area contributed by atoms with E-state index < -0.39 is 0 Å². The van der Waals surface area contributed by atoms with Crippen LogP contribution in [0.15, 0.2) is 71.6 Å². The van der Waals surface area contributed by atoms with Gasteiger partial charge in [0.25, 0.3) is 0 Å². The molecule has 0 saturated carbocycles. The van der Waals surface area contributed by atoms with Crippen LogP contribution >= 0.6 is 11.8 Å². The molecule has 5 rings (SSSR count). The Bertz CT molecular complexity index is 1110. The average molecular weight is 478 g/mol. The predicted octanol–water partition coefficient (Wildman–Crippen LogP) is 6.03. The van der Waals surface area contributed by atoms with Crippen LogP contribution in [0.4, 0.5) is 0 Å². The van der Waals surface area contributed by atoms with Gasteiger partial charge in [-0.15, -0.1) is 11.8 Å². The van der Waals surface area contributed by atoms with Gasteiger partial charge in [-0.25, -0.2) is 0 Å². The minimum absolute atomic E-state index is 0.0270. The number of phenols is 2. The zero-order valence-electron chi connectivity index (χ0n) is 19.6. The van der Waals surface area contributed by atoms with Crippen LogP contribution in [0.2, 0.25) is 0 Å². The van der Waals surface area contributed by atoms with E-state index in [2.05, 4.69) is 30.9 Å². The molecule has 0 aromatic heterocycles. The summed E-state index contributed by atoms with van der Waals surface area (Å²) in [6.07, 6.45) is -0.215. The van der Waals surface area contributed by atoms with Gasteiger partial charge in [0.1, 0.15) is 35.7 Å². The molecule has 6 heteroatoms. The van der Waals surface area contributed by atoms with Gasteiger partial charge in [0.2, 0.25) is 0 Å². The van der Waals surface area contributed by atoms with Crippen LogP contribution in [-0.2, 0) is 0 Å². The van der Waals surface area contributed by atoms with Crippen molar-refractivity contribution < 1.29 is 19.7 Å². The molecule has 3 aromatic carbocycles. The van der Waals surface area contributed by atoms with Crippen molar-refractivity contribution in [3.8, 4) is 23.0 Å². The van der Waals surface area contributed by atoms with Gasteiger partial charge in [-0.05, 0) is 65.4 Å². The van der Waals surface area contributed by atoms with Crippen molar-refractivity contribution in [2.45, 2.75) is 30.1 Å². The van der Waals surface area contributed by atoms with Gasteiger partial charge in [-0.2, -0.15) is 0 Å². The summed E-state index contributed by atoms with van der Waals surface area (Å²) in [6.45, 7) is 8.58. The molecule has 34 heavy (non-hydrogen) atoms. The second-order valence-electron chi connectivity index (χ2n) is 9.43. The van der Waals surface area contributed by atoms with Crippen molar-refractivity contribution in [3.63, 3.8) is 0 Å². The first-order chi connectivity index (χ1) is 16.5. The molecule has 0 aliphatic carbocycles. The Labute approximate surface area is 205 Å². The average Bonchev–Trinajstić information content (AvgIpc) is 3.16. The molecule has 0 spiro atoms. The van der Waals surface area contributed by atoms with E-state index in [-0.39, 0.29) is 22.9 Å². The van der Waals surface area contributed by atoms with Crippen molar-refractivity contribution in [2.75, 3.05) is 26.2 Å². The first-order valence-electron chi connectivity index (χ1n) is 11.9. The van der Waals surface area contributed by atoms with E-state index in [4.69, 9.17) is 9.47 Å². The van der Waals surface area contributed by atoms with Crippen molar-refractivity contribution in [3.05, 3.63) is 77.9 Å². The standard InChI is InChI=1S/C28H31NO4S/c1-18-16-29(17-19(18)2)13-14-32-24-10-5-20(6-11-24)27-28(21-3-7-22(30)8-4-21)34-26-15-23(31)9-12-25(26)33-27/h3-12,15,18-19,27-28,30-31H,13-14,16-17H2,1-2H3/t18-,19-,27+,28-/m1/s1. The third-order valence-electron chi connectivity index (χ3n) is 6.88. The van der Waals surface area contributed by atoms with Gasteiger partial charge in [0, 0.05) is 19.6 Å². The lowest BCUT2D eigenvalue weighted by molar-refractivity contribution is 0.190. The maximum absolute atomic E-state index is 9.94. The molecule has 1 fully saturated rings. The number of likely N-dealkylation sites (tertiary alicyclic amines) is 1. The number of rotatable bonds is 6. The SMILES string of the molecule is C[C@@H]1CN(CCOc2ccc([C@@H]3Oc4ccc(O)cc4S[C@@H]3c3ccc(O)cc3)cc2)C[C@H]1C. The summed E-state index contributed by atoms with van der Waals surface area (Å²) in [5.41, 5.74) is 2.11. The molecule has 4 atom stereocenters. The van der Waals surface area contributed by atoms with Gasteiger partial charge in [0.05, 0.1) is 10.1 Å². The summed E-state index contributed by atoms with van der Waals surface area (Å²) in [6, 6.07) is 20.6. The highest BCUT2D eigenvalue weighted by atomic mass is 32.2. The molecule has 2 heterocycles. The summed E-state index contributed by atoms with van der Waals surface area (Å²) in [5, 5.41) is 19.7. The summed E-state index contributed by atoms with van der Waals surface area (Å²) < 4.78 is 12.5. The van der Waals surface area contributed by atoms with E-state index in [1.807, 2.05) is 30.3 Å². The van der Waals surface area contributed by atoms with Crippen LogP contribution in [0.25, 0.3) is 0 Å². The summed E-state index contributed by atoms with van der Waals surface area (Å²) in [4.78, 5) is 3.38. The highest BCUT2D eigenvalue weighted by molar-refractivity contribution is 7.99. The Morgan fingerprint density at radius 3 is 2.24 bits per heavy atom. The maximum Gasteiger partial charge on any atom is 0.140 e. The number of hydrogen-bond acceptors (Lipinski definition) is 6.